The van der Waals surface area contributed by atoms with Gasteiger partial charge in [-0.1, -0.05) is 42.5 Å². The molecule has 3 heteroatoms. The lowest BCUT2D eigenvalue weighted by atomic mass is 10.1. The minimum absolute atomic E-state index is 0.0526. The van der Waals surface area contributed by atoms with Crippen molar-refractivity contribution in [2.24, 2.45) is 0 Å². The van der Waals surface area contributed by atoms with E-state index in [0.717, 1.165) is 11.1 Å². The molecule has 2 rings (SSSR count). The van der Waals surface area contributed by atoms with Crippen molar-refractivity contribution in [3.63, 3.8) is 0 Å². The van der Waals surface area contributed by atoms with Gasteiger partial charge in [-0.2, -0.15) is 5.26 Å². The lowest BCUT2D eigenvalue weighted by molar-refractivity contribution is -0.125. The molecule has 2 aromatic rings. The van der Waals surface area contributed by atoms with Crippen LogP contribution in [-0.2, 0) is 11.3 Å². The number of benzene rings is 2. The van der Waals surface area contributed by atoms with Crippen molar-refractivity contribution in [1.29, 1.82) is 5.26 Å². The van der Waals surface area contributed by atoms with Gasteiger partial charge in [0.2, 0.25) is 5.91 Å². The predicted octanol–water partition coefficient (Wildman–Crippen LogP) is 3.23. The van der Waals surface area contributed by atoms with E-state index in [1.54, 1.807) is 36.2 Å². The maximum absolute atomic E-state index is 12.0. The number of rotatable bonds is 4. The van der Waals surface area contributed by atoms with Gasteiger partial charge in [-0.05, 0) is 29.3 Å². The van der Waals surface area contributed by atoms with Crippen molar-refractivity contribution < 1.29 is 4.79 Å². The van der Waals surface area contributed by atoms with Gasteiger partial charge in [-0.15, -0.1) is 0 Å². The van der Waals surface area contributed by atoms with Gasteiger partial charge in [0.15, 0.2) is 0 Å². The average Bonchev–Trinajstić information content (AvgIpc) is 2.54. The predicted molar refractivity (Wildman–Crippen MR) is 83.1 cm³/mol. The molecule has 1 amide bonds. The highest BCUT2D eigenvalue weighted by Crippen LogP contribution is 2.07. The van der Waals surface area contributed by atoms with E-state index in [1.807, 2.05) is 42.5 Å². The summed E-state index contributed by atoms with van der Waals surface area (Å²) in [5.41, 5.74) is 2.61. The first-order valence-corrected chi connectivity index (χ1v) is 6.66. The number of nitrogens with zero attached hydrogens (tertiary/aromatic N) is 2. The van der Waals surface area contributed by atoms with Gasteiger partial charge >= 0.3 is 0 Å². The van der Waals surface area contributed by atoms with Crippen molar-refractivity contribution in [1.82, 2.24) is 4.90 Å². The summed E-state index contributed by atoms with van der Waals surface area (Å²) in [6.07, 6.45) is 3.30. The number of carbonyl (C=O) groups excluding carboxylic acids is 1. The number of hydrogen-bond acceptors (Lipinski definition) is 2. The molecule has 0 spiro atoms. The van der Waals surface area contributed by atoms with Crippen LogP contribution in [0.25, 0.3) is 6.08 Å². The van der Waals surface area contributed by atoms with Crippen LogP contribution in [0.15, 0.2) is 60.7 Å². The van der Waals surface area contributed by atoms with Crippen molar-refractivity contribution in [2.75, 3.05) is 7.05 Å². The molecular formula is C18H16N2O. The highest BCUT2D eigenvalue weighted by Gasteiger charge is 2.05. The molecule has 0 aliphatic carbocycles. The fourth-order valence-electron chi connectivity index (χ4n) is 1.90. The van der Waals surface area contributed by atoms with Crippen LogP contribution >= 0.6 is 0 Å². The zero-order valence-corrected chi connectivity index (χ0v) is 11.9. The second kappa shape index (κ2) is 7.06. The standard InChI is InChI=1S/C18H16N2O/c1-20(14-17-5-3-2-4-6-17)18(21)12-11-15-7-9-16(13-19)10-8-15/h2-12H,14H2,1H3/b12-11+. The van der Waals surface area contributed by atoms with Crippen LogP contribution in [0, 0.1) is 11.3 Å². The molecule has 0 bridgehead atoms. The van der Waals surface area contributed by atoms with Gasteiger partial charge in [0, 0.05) is 19.7 Å². The monoisotopic (exact) mass is 276 g/mol. The molecule has 0 saturated carbocycles. The van der Waals surface area contributed by atoms with E-state index in [1.165, 1.54) is 0 Å². The molecule has 0 unspecified atom stereocenters. The first kappa shape index (κ1) is 14.5. The Morgan fingerprint density at radius 1 is 1.14 bits per heavy atom. The molecule has 21 heavy (non-hydrogen) atoms. The molecule has 0 fully saturated rings. The number of nitriles is 1. The van der Waals surface area contributed by atoms with Crippen molar-refractivity contribution >= 4 is 12.0 Å². The zero-order chi connectivity index (χ0) is 15.1. The summed E-state index contributed by atoms with van der Waals surface area (Å²) in [7, 11) is 1.78. The van der Waals surface area contributed by atoms with Gasteiger partial charge < -0.3 is 4.90 Å². The van der Waals surface area contributed by atoms with Gasteiger partial charge in [0.1, 0.15) is 0 Å². The van der Waals surface area contributed by atoms with Gasteiger partial charge in [0.25, 0.3) is 0 Å². The first-order valence-electron chi connectivity index (χ1n) is 6.66. The largest absolute Gasteiger partial charge is 0.338 e. The van der Waals surface area contributed by atoms with Crippen LogP contribution in [-0.4, -0.2) is 17.9 Å². The third-order valence-electron chi connectivity index (χ3n) is 3.10. The summed E-state index contributed by atoms with van der Waals surface area (Å²) >= 11 is 0. The van der Waals surface area contributed by atoms with E-state index >= 15 is 0 Å². The van der Waals surface area contributed by atoms with Crippen LogP contribution < -0.4 is 0 Å². The normalized spacial score (nSPS) is 10.3. The van der Waals surface area contributed by atoms with Crippen molar-refractivity contribution in [2.45, 2.75) is 6.54 Å². The van der Waals surface area contributed by atoms with Gasteiger partial charge in [0.05, 0.1) is 11.6 Å². The Hall–Kier alpha value is -2.86. The second-order valence-electron chi connectivity index (χ2n) is 4.75. The maximum atomic E-state index is 12.0. The molecule has 0 aliphatic rings. The SMILES string of the molecule is CN(Cc1ccccc1)C(=O)/C=C/c1ccc(C#N)cc1. The molecule has 0 saturated heterocycles. The molecule has 0 radical (unpaired) electrons. The van der Waals surface area contributed by atoms with Gasteiger partial charge in [-0.25, -0.2) is 0 Å². The summed E-state index contributed by atoms with van der Waals surface area (Å²) in [5, 5.41) is 8.73. The van der Waals surface area contributed by atoms with Crippen molar-refractivity contribution in [3.05, 3.63) is 77.4 Å². The first-order chi connectivity index (χ1) is 10.2. The molecule has 0 N–H and O–H groups in total. The number of likely N-dealkylation sites (N-methyl/N-ethyl adjacent to an activating group) is 1. The lowest BCUT2D eigenvalue weighted by Gasteiger charge is -2.14. The Kier molecular flexibility index (Phi) is 4.89. The topological polar surface area (TPSA) is 44.1 Å². The van der Waals surface area contributed by atoms with E-state index in [9.17, 15) is 4.79 Å². The summed E-state index contributed by atoms with van der Waals surface area (Å²) < 4.78 is 0. The third-order valence-corrected chi connectivity index (χ3v) is 3.10. The highest BCUT2D eigenvalue weighted by molar-refractivity contribution is 5.91. The van der Waals surface area contributed by atoms with Crippen LogP contribution in [0.1, 0.15) is 16.7 Å². The molecule has 0 atom stereocenters. The summed E-state index contributed by atoms with van der Waals surface area (Å²) in [5.74, 6) is -0.0526. The maximum Gasteiger partial charge on any atom is 0.246 e. The van der Waals surface area contributed by atoms with Crippen LogP contribution in [0.5, 0.6) is 0 Å². The number of carbonyl (C=O) groups is 1. The van der Waals surface area contributed by atoms with Crippen LogP contribution in [0.2, 0.25) is 0 Å². The minimum Gasteiger partial charge on any atom is -0.338 e. The Morgan fingerprint density at radius 2 is 1.81 bits per heavy atom. The van der Waals surface area contributed by atoms with Crippen LogP contribution in [0.4, 0.5) is 0 Å². The Morgan fingerprint density at radius 3 is 2.43 bits per heavy atom. The van der Waals surface area contributed by atoms with Crippen molar-refractivity contribution in [3.8, 4) is 6.07 Å². The molecule has 104 valence electrons. The summed E-state index contributed by atoms with van der Waals surface area (Å²) in [6, 6.07) is 19.0. The Bertz CT molecular complexity index is 667. The Labute approximate surface area is 124 Å². The number of amides is 1. The van der Waals surface area contributed by atoms with E-state index in [2.05, 4.69) is 6.07 Å². The molecule has 0 aliphatic heterocycles. The third kappa shape index (κ3) is 4.32. The molecule has 0 aromatic heterocycles. The molecular weight excluding hydrogens is 260 g/mol. The fourth-order valence-corrected chi connectivity index (χ4v) is 1.90. The zero-order valence-electron chi connectivity index (χ0n) is 11.9. The minimum atomic E-state index is -0.0526. The van der Waals surface area contributed by atoms with E-state index in [0.29, 0.717) is 12.1 Å². The van der Waals surface area contributed by atoms with Gasteiger partial charge in [-0.3, -0.25) is 4.79 Å². The smallest absolute Gasteiger partial charge is 0.246 e. The van der Waals surface area contributed by atoms with E-state index in [4.69, 9.17) is 5.26 Å². The highest BCUT2D eigenvalue weighted by atomic mass is 16.2. The van der Waals surface area contributed by atoms with E-state index < -0.39 is 0 Å². The lowest BCUT2D eigenvalue weighted by Crippen LogP contribution is -2.23. The van der Waals surface area contributed by atoms with Crippen LogP contribution in [0.3, 0.4) is 0 Å². The fraction of sp³-hybridized carbons (Fsp3) is 0.111. The quantitative estimate of drug-likeness (QED) is 0.805. The molecule has 3 nitrogen and oxygen atoms in total. The summed E-state index contributed by atoms with van der Waals surface area (Å²) in [4.78, 5) is 13.7. The molecule has 2 aromatic carbocycles. The Balaban J connectivity index is 1.96. The molecule has 0 heterocycles. The second-order valence-corrected chi connectivity index (χ2v) is 4.75. The average molecular weight is 276 g/mol. The summed E-state index contributed by atoms with van der Waals surface area (Å²) in [6.45, 7) is 0.581. The number of hydrogen-bond donors (Lipinski definition) is 0. The van der Waals surface area contributed by atoms with E-state index in [-0.39, 0.29) is 5.91 Å².